The van der Waals surface area contributed by atoms with Crippen molar-refractivity contribution in [3.8, 4) is 0 Å². The molecule has 0 aromatic rings. The summed E-state index contributed by atoms with van der Waals surface area (Å²) in [6, 6.07) is 0. The minimum Gasteiger partial charge on any atom is -0.550 e. The summed E-state index contributed by atoms with van der Waals surface area (Å²) in [5.74, 6) is -0.911. The summed E-state index contributed by atoms with van der Waals surface area (Å²) < 4.78 is 4.69. The van der Waals surface area contributed by atoms with Gasteiger partial charge in [-0.15, -0.1) is 0 Å². The van der Waals surface area contributed by atoms with Gasteiger partial charge in [-0.3, -0.25) is 0 Å². The lowest BCUT2D eigenvalue weighted by Crippen LogP contribution is -2.21. The number of carbonyl (C=O) groups is 2. The molecule has 0 aliphatic rings. The van der Waals surface area contributed by atoms with Crippen LogP contribution in [0.25, 0.3) is 0 Å². The molecule has 0 rings (SSSR count). The molecule has 0 unspecified atom stereocenters. The van der Waals surface area contributed by atoms with Gasteiger partial charge in [0.1, 0.15) is 0 Å². The Hall–Kier alpha value is -1.26. The first-order chi connectivity index (χ1) is 16.0. The summed E-state index contributed by atoms with van der Waals surface area (Å²) >= 11 is 0. The van der Waals surface area contributed by atoms with E-state index in [4.69, 9.17) is 5.73 Å². The van der Waals surface area contributed by atoms with Crippen LogP contribution in [0.3, 0.4) is 0 Å². The number of hydrogen-bond donors (Lipinski definition) is 1. The van der Waals surface area contributed by atoms with E-state index in [1.54, 1.807) is 0 Å². The molecule has 0 spiro atoms. The van der Waals surface area contributed by atoms with Crippen molar-refractivity contribution < 1.29 is 19.4 Å². The van der Waals surface area contributed by atoms with Gasteiger partial charge in [0.15, 0.2) is 0 Å². The van der Waals surface area contributed by atoms with Gasteiger partial charge in [0.05, 0.1) is 6.61 Å². The summed E-state index contributed by atoms with van der Waals surface area (Å²) in [6.07, 6.45) is 27.8. The van der Waals surface area contributed by atoms with Crippen molar-refractivity contribution in [1.82, 2.24) is 0 Å². The molecular formula is C28H56NO4-. The molecule has 198 valence electrons. The second-order valence-electron chi connectivity index (χ2n) is 9.36. The molecule has 0 aromatic heterocycles. The zero-order valence-electron chi connectivity index (χ0n) is 22.2. The number of carboxylic acid groups (broad SMARTS) is 1. The van der Waals surface area contributed by atoms with Crippen LogP contribution in [0, 0.1) is 0 Å². The van der Waals surface area contributed by atoms with Crippen LogP contribution in [-0.2, 0) is 9.53 Å². The smallest absolute Gasteiger partial charge is 0.404 e. The van der Waals surface area contributed by atoms with Crippen LogP contribution >= 0.6 is 0 Å². The number of carbonyl (C=O) groups excluding carboxylic acids is 2. The Morgan fingerprint density at radius 3 is 1.15 bits per heavy atom. The lowest BCUT2D eigenvalue weighted by molar-refractivity contribution is -0.305. The Bertz CT molecular complexity index is 401. The normalized spacial score (nSPS) is 10.5. The van der Waals surface area contributed by atoms with E-state index in [0.29, 0.717) is 6.61 Å². The van der Waals surface area contributed by atoms with Crippen LogP contribution in [0.1, 0.15) is 162 Å². The standard InChI is InChI=1S/C17H35NO2.C11H22O2/c1-2-3-4-5-6-7-8-9-10-11-12-13-14-15-16-20-17(18)19;1-2-3-4-5-6-7-8-9-10-11(12)13/h2-16H2,1H3,(H2,18,19);2-10H2,1H3,(H,12,13)/p-1. The largest absolute Gasteiger partial charge is 0.550 e. The summed E-state index contributed by atoms with van der Waals surface area (Å²) in [4.78, 5) is 20.4. The van der Waals surface area contributed by atoms with Gasteiger partial charge < -0.3 is 20.4 Å². The summed E-state index contributed by atoms with van der Waals surface area (Å²) in [7, 11) is 0. The van der Waals surface area contributed by atoms with Crippen LogP contribution < -0.4 is 10.8 Å². The highest BCUT2D eigenvalue weighted by molar-refractivity contribution is 5.64. The van der Waals surface area contributed by atoms with Crippen molar-refractivity contribution >= 4 is 12.1 Å². The van der Waals surface area contributed by atoms with Crippen molar-refractivity contribution in [3.05, 3.63) is 0 Å². The van der Waals surface area contributed by atoms with Crippen molar-refractivity contribution in [2.24, 2.45) is 5.73 Å². The van der Waals surface area contributed by atoms with Gasteiger partial charge in [-0.05, 0) is 19.3 Å². The van der Waals surface area contributed by atoms with Crippen LogP contribution in [0.4, 0.5) is 4.79 Å². The highest BCUT2D eigenvalue weighted by Gasteiger charge is 1.96. The van der Waals surface area contributed by atoms with Crippen molar-refractivity contribution in [1.29, 1.82) is 0 Å². The molecule has 0 bridgehead atoms. The Balaban J connectivity index is 0. The Morgan fingerprint density at radius 2 is 0.848 bits per heavy atom. The monoisotopic (exact) mass is 470 g/mol. The summed E-state index contributed by atoms with van der Waals surface area (Å²) in [5.41, 5.74) is 4.89. The molecule has 1 amide bonds. The lowest BCUT2D eigenvalue weighted by Gasteiger charge is -2.03. The fourth-order valence-corrected chi connectivity index (χ4v) is 3.87. The fraction of sp³-hybridized carbons (Fsp3) is 0.929. The average molecular weight is 471 g/mol. The average Bonchev–Trinajstić information content (AvgIpc) is 2.78. The van der Waals surface area contributed by atoms with E-state index in [2.05, 4.69) is 18.6 Å². The van der Waals surface area contributed by atoms with Gasteiger partial charge in [-0.1, -0.05) is 142 Å². The summed E-state index contributed by atoms with van der Waals surface area (Å²) in [5, 5.41) is 10.1. The van der Waals surface area contributed by atoms with Gasteiger partial charge in [0, 0.05) is 5.97 Å². The van der Waals surface area contributed by atoms with E-state index in [0.717, 1.165) is 25.7 Å². The van der Waals surface area contributed by atoms with Gasteiger partial charge in [0.25, 0.3) is 0 Å². The van der Waals surface area contributed by atoms with E-state index in [9.17, 15) is 14.7 Å². The second-order valence-corrected chi connectivity index (χ2v) is 9.36. The molecule has 5 nitrogen and oxygen atoms in total. The van der Waals surface area contributed by atoms with Crippen LogP contribution in [0.5, 0.6) is 0 Å². The number of hydrogen-bond acceptors (Lipinski definition) is 4. The Kier molecular flexibility index (Phi) is 31.6. The lowest BCUT2D eigenvalue weighted by atomic mass is 10.0. The Morgan fingerprint density at radius 1 is 0.545 bits per heavy atom. The maximum atomic E-state index is 10.3. The highest BCUT2D eigenvalue weighted by Crippen LogP contribution is 2.13. The Labute approximate surface area is 205 Å². The summed E-state index contributed by atoms with van der Waals surface area (Å²) in [6.45, 7) is 4.96. The number of rotatable bonds is 24. The molecule has 0 aliphatic heterocycles. The van der Waals surface area contributed by atoms with E-state index in [1.807, 2.05) is 0 Å². The topological polar surface area (TPSA) is 92.4 Å². The van der Waals surface area contributed by atoms with Gasteiger partial charge in [-0.2, -0.15) is 0 Å². The number of primary amides is 1. The van der Waals surface area contributed by atoms with E-state index in [-0.39, 0.29) is 6.42 Å². The number of nitrogens with two attached hydrogens (primary N) is 1. The molecule has 0 aliphatic carbocycles. The molecular weight excluding hydrogens is 414 g/mol. The highest BCUT2D eigenvalue weighted by atomic mass is 16.5. The minimum atomic E-state index is -0.911. The first-order valence-electron chi connectivity index (χ1n) is 14.2. The molecule has 0 heterocycles. The predicted octanol–water partition coefficient (Wildman–Crippen LogP) is 7.83. The molecule has 0 aromatic carbocycles. The first kappa shape index (κ1) is 33.9. The first-order valence-corrected chi connectivity index (χ1v) is 14.2. The predicted molar refractivity (Wildman–Crippen MR) is 138 cm³/mol. The van der Waals surface area contributed by atoms with Crippen LogP contribution in [0.15, 0.2) is 0 Å². The fourth-order valence-electron chi connectivity index (χ4n) is 3.87. The van der Waals surface area contributed by atoms with Gasteiger partial charge in [-0.25, -0.2) is 4.79 Å². The third-order valence-corrected chi connectivity index (χ3v) is 5.98. The van der Waals surface area contributed by atoms with Gasteiger partial charge >= 0.3 is 6.09 Å². The van der Waals surface area contributed by atoms with E-state index >= 15 is 0 Å². The zero-order valence-corrected chi connectivity index (χ0v) is 22.2. The molecule has 5 heteroatoms. The number of ether oxygens (including phenoxy) is 1. The molecule has 2 N–H and O–H groups in total. The molecule has 0 saturated heterocycles. The van der Waals surface area contributed by atoms with Crippen LogP contribution in [-0.4, -0.2) is 18.7 Å². The maximum Gasteiger partial charge on any atom is 0.404 e. The van der Waals surface area contributed by atoms with Crippen molar-refractivity contribution in [3.63, 3.8) is 0 Å². The number of amides is 1. The second kappa shape index (κ2) is 30.7. The van der Waals surface area contributed by atoms with E-state index in [1.165, 1.54) is 116 Å². The zero-order chi connectivity index (χ0) is 24.8. The quantitative estimate of drug-likeness (QED) is 0.145. The number of aliphatic carboxylic acids is 1. The van der Waals surface area contributed by atoms with Crippen molar-refractivity contribution in [2.75, 3.05) is 6.61 Å². The third-order valence-electron chi connectivity index (χ3n) is 5.98. The molecule has 0 radical (unpaired) electrons. The SMILES string of the molecule is CCCCCCCCCCC(=O)[O-].CCCCCCCCCCCCCCCCOC(N)=O. The van der Waals surface area contributed by atoms with Crippen LogP contribution in [0.2, 0.25) is 0 Å². The molecule has 33 heavy (non-hydrogen) atoms. The van der Waals surface area contributed by atoms with Crippen molar-refractivity contribution in [2.45, 2.75) is 162 Å². The van der Waals surface area contributed by atoms with Gasteiger partial charge in [0.2, 0.25) is 0 Å². The van der Waals surface area contributed by atoms with E-state index < -0.39 is 12.1 Å². The minimum absolute atomic E-state index is 0.231. The molecule has 0 fully saturated rings. The number of carboxylic acids is 1. The third kappa shape index (κ3) is 38.3. The molecule has 0 saturated carbocycles. The number of unbranched alkanes of at least 4 members (excludes halogenated alkanes) is 20. The maximum absolute atomic E-state index is 10.3. The molecule has 0 atom stereocenters.